The molecule has 0 spiro atoms. The lowest BCUT2D eigenvalue weighted by molar-refractivity contribution is 0.275. The first kappa shape index (κ1) is 17.7. The maximum atomic E-state index is 4.60. The molecule has 134 valence electrons. The summed E-state index contributed by atoms with van der Waals surface area (Å²) >= 11 is 1.74. The topological polar surface area (TPSA) is 52.6 Å². The fraction of sp³-hybridized carbons (Fsp3) is 0.778. The molecule has 1 saturated heterocycles. The van der Waals surface area contributed by atoms with E-state index in [4.69, 9.17) is 0 Å². The lowest BCUT2D eigenvalue weighted by atomic mass is 10.1. The molecule has 1 aromatic rings. The van der Waals surface area contributed by atoms with E-state index in [1.165, 1.54) is 50.2 Å². The maximum Gasteiger partial charge on any atom is 0.191 e. The van der Waals surface area contributed by atoms with Crippen LogP contribution in [0.3, 0.4) is 0 Å². The van der Waals surface area contributed by atoms with Crippen LogP contribution < -0.4 is 10.6 Å². The SMILES string of the molecule is CCc1nc(CNC(=NC)NC2CCN(CC3CCCC3)C2)cs1. The number of aryl methyl sites for hydroxylation is 1. The summed E-state index contributed by atoms with van der Waals surface area (Å²) < 4.78 is 0. The monoisotopic (exact) mass is 349 g/mol. The highest BCUT2D eigenvalue weighted by Crippen LogP contribution is 2.26. The van der Waals surface area contributed by atoms with E-state index in [9.17, 15) is 0 Å². The van der Waals surface area contributed by atoms with Crippen molar-refractivity contribution in [2.45, 2.75) is 58.0 Å². The molecular formula is C18H31N5S. The van der Waals surface area contributed by atoms with Gasteiger partial charge in [0.2, 0.25) is 0 Å². The number of nitrogens with zero attached hydrogens (tertiary/aromatic N) is 3. The summed E-state index contributed by atoms with van der Waals surface area (Å²) in [5.41, 5.74) is 1.11. The van der Waals surface area contributed by atoms with Crippen molar-refractivity contribution in [3.63, 3.8) is 0 Å². The Kier molecular flexibility index (Phi) is 6.49. The minimum absolute atomic E-state index is 0.513. The van der Waals surface area contributed by atoms with Crippen LogP contribution in [0.5, 0.6) is 0 Å². The van der Waals surface area contributed by atoms with Gasteiger partial charge in [0.15, 0.2) is 5.96 Å². The van der Waals surface area contributed by atoms with Gasteiger partial charge in [-0.3, -0.25) is 4.99 Å². The molecule has 1 atom stereocenters. The molecule has 0 radical (unpaired) electrons. The van der Waals surface area contributed by atoms with Crippen LogP contribution in [0.1, 0.15) is 49.7 Å². The Balaban J connectivity index is 1.40. The van der Waals surface area contributed by atoms with Gasteiger partial charge in [-0.05, 0) is 31.6 Å². The van der Waals surface area contributed by atoms with Gasteiger partial charge in [-0.2, -0.15) is 0 Å². The van der Waals surface area contributed by atoms with Gasteiger partial charge < -0.3 is 15.5 Å². The van der Waals surface area contributed by atoms with E-state index in [1.807, 2.05) is 7.05 Å². The molecule has 2 heterocycles. The van der Waals surface area contributed by atoms with Gasteiger partial charge in [0.25, 0.3) is 0 Å². The quantitative estimate of drug-likeness (QED) is 0.612. The summed E-state index contributed by atoms with van der Waals surface area (Å²) in [7, 11) is 1.85. The van der Waals surface area contributed by atoms with E-state index in [1.54, 1.807) is 11.3 Å². The molecule has 1 aliphatic heterocycles. The third kappa shape index (κ3) is 4.93. The van der Waals surface area contributed by atoms with Crippen LogP contribution >= 0.6 is 11.3 Å². The normalized spacial score (nSPS) is 23.1. The molecule has 2 fully saturated rings. The second kappa shape index (κ2) is 8.81. The van der Waals surface area contributed by atoms with Crippen molar-refractivity contribution in [1.29, 1.82) is 0 Å². The second-order valence-electron chi connectivity index (χ2n) is 7.05. The zero-order valence-electron chi connectivity index (χ0n) is 15.1. The van der Waals surface area contributed by atoms with E-state index in [2.05, 4.69) is 37.8 Å². The lowest BCUT2D eigenvalue weighted by Crippen LogP contribution is -2.44. The van der Waals surface area contributed by atoms with Crippen LogP contribution in [-0.4, -0.2) is 48.6 Å². The Morgan fingerprint density at radius 1 is 1.38 bits per heavy atom. The molecule has 1 aliphatic carbocycles. The average Bonchev–Trinajstić information content (AvgIpc) is 3.34. The van der Waals surface area contributed by atoms with Crippen molar-refractivity contribution in [1.82, 2.24) is 20.5 Å². The van der Waals surface area contributed by atoms with Crippen molar-refractivity contribution in [3.05, 3.63) is 16.1 Å². The van der Waals surface area contributed by atoms with Gasteiger partial charge in [0.1, 0.15) is 0 Å². The molecule has 3 rings (SSSR count). The molecule has 1 unspecified atom stereocenters. The zero-order valence-corrected chi connectivity index (χ0v) is 15.9. The number of aromatic nitrogens is 1. The molecule has 0 bridgehead atoms. The predicted molar refractivity (Wildman–Crippen MR) is 102 cm³/mol. The molecule has 0 amide bonds. The number of hydrogen-bond donors (Lipinski definition) is 2. The van der Waals surface area contributed by atoms with Crippen LogP contribution in [0.4, 0.5) is 0 Å². The average molecular weight is 350 g/mol. The van der Waals surface area contributed by atoms with Crippen LogP contribution in [0, 0.1) is 5.92 Å². The Labute approximate surface area is 150 Å². The summed E-state index contributed by atoms with van der Waals surface area (Å²) in [5, 5.41) is 10.3. The first-order chi connectivity index (χ1) is 11.8. The molecule has 2 N–H and O–H groups in total. The van der Waals surface area contributed by atoms with Crippen molar-refractivity contribution in [3.8, 4) is 0 Å². The Bertz CT molecular complexity index is 535. The third-order valence-corrected chi connectivity index (χ3v) is 6.21. The number of guanidine groups is 1. The van der Waals surface area contributed by atoms with Gasteiger partial charge in [-0.1, -0.05) is 19.8 Å². The molecule has 6 heteroatoms. The lowest BCUT2D eigenvalue weighted by Gasteiger charge is -2.21. The van der Waals surface area contributed by atoms with Crippen LogP contribution in [0.25, 0.3) is 0 Å². The molecule has 1 aromatic heterocycles. The Hall–Kier alpha value is -1.14. The minimum Gasteiger partial charge on any atom is -0.352 e. The number of rotatable bonds is 6. The zero-order chi connectivity index (χ0) is 16.8. The van der Waals surface area contributed by atoms with Crippen molar-refractivity contribution < 1.29 is 0 Å². The highest BCUT2D eigenvalue weighted by Gasteiger charge is 2.26. The van der Waals surface area contributed by atoms with Crippen LogP contribution in [0.2, 0.25) is 0 Å². The standard InChI is InChI=1S/C18H31N5S/c1-3-17-21-16(13-24-17)10-20-18(19-2)22-15-8-9-23(12-15)11-14-6-4-5-7-14/h13-15H,3-12H2,1-2H3,(H2,19,20,22). The van der Waals surface area contributed by atoms with Gasteiger partial charge in [0.05, 0.1) is 17.2 Å². The minimum atomic E-state index is 0.513. The summed E-state index contributed by atoms with van der Waals surface area (Å²) in [6.45, 7) is 6.55. The Morgan fingerprint density at radius 2 is 2.21 bits per heavy atom. The van der Waals surface area contributed by atoms with E-state index < -0.39 is 0 Å². The summed E-state index contributed by atoms with van der Waals surface area (Å²) in [5.74, 6) is 1.84. The van der Waals surface area contributed by atoms with Gasteiger partial charge in [-0.15, -0.1) is 11.3 Å². The van der Waals surface area contributed by atoms with Gasteiger partial charge in [0, 0.05) is 38.1 Å². The highest BCUT2D eigenvalue weighted by molar-refractivity contribution is 7.09. The summed E-state index contributed by atoms with van der Waals surface area (Å²) in [6, 6.07) is 0.513. The maximum absolute atomic E-state index is 4.60. The van der Waals surface area contributed by atoms with Gasteiger partial charge in [-0.25, -0.2) is 4.98 Å². The van der Waals surface area contributed by atoms with Gasteiger partial charge >= 0.3 is 0 Å². The van der Waals surface area contributed by atoms with E-state index in [0.717, 1.165) is 37.1 Å². The number of hydrogen-bond acceptors (Lipinski definition) is 4. The number of likely N-dealkylation sites (tertiary alicyclic amines) is 1. The Morgan fingerprint density at radius 3 is 2.92 bits per heavy atom. The molecule has 5 nitrogen and oxygen atoms in total. The largest absolute Gasteiger partial charge is 0.352 e. The van der Waals surface area contributed by atoms with Crippen molar-refractivity contribution >= 4 is 17.3 Å². The molecule has 24 heavy (non-hydrogen) atoms. The summed E-state index contributed by atoms with van der Waals surface area (Å²) in [6.07, 6.45) is 7.97. The van der Waals surface area contributed by atoms with Crippen molar-refractivity contribution in [2.24, 2.45) is 10.9 Å². The van der Waals surface area contributed by atoms with E-state index in [0.29, 0.717) is 6.04 Å². The first-order valence-electron chi connectivity index (χ1n) is 9.39. The molecule has 0 aromatic carbocycles. The van der Waals surface area contributed by atoms with Crippen molar-refractivity contribution in [2.75, 3.05) is 26.7 Å². The third-order valence-electron chi connectivity index (χ3n) is 5.17. The van der Waals surface area contributed by atoms with Crippen LogP contribution in [0.15, 0.2) is 10.4 Å². The smallest absolute Gasteiger partial charge is 0.191 e. The van der Waals surface area contributed by atoms with E-state index >= 15 is 0 Å². The number of thiazole rings is 1. The molecule has 2 aliphatic rings. The number of nitrogens with one attached hydrogen (secondary N) is 2. The summed E-state index contributed by atoms with van der Waals surface area (Å²) in [4.78, 5) is 11.6. The predicted octanol–water partition coefficient (Wildman–Crippen LogP) is 2.63. The number of aliphatic imine (C=N–C) groups is 1. The first-order valence-corrected chi connectivity index (χ1v) is 10.3. The highest BCUT2D eigenvalue weighted by atomic mass is 32.1. The molecular weight excluding hydrogens is 318 g/mol. The fourth-order valence-corrected chi connectivity index (χ4v) is 4.57. The van der Waals surface area contributed by atoms with Crippen LogP contribution in [-0.2, 0) is 13.0 Å². The molecule has 1 saturated carbocycles. The van der Waals surface area contributed by atoms with E-state index in [-0.39, 0.29) is 0 Å². The second-order valence-corrected chi connectivity index (χ2v) is 7.99. The fourth-order valence-electron chi connectivity index (χ4n) is 3.83.